The number of hydrogen-bond donors (Lipinski definition) is 0. The van der Waals surface area contributed by atoms with Gasteiger partial charge in [-0.15, -0.1) is 0 Å². The van der Waals surface area contributed by atoms with Crippen LogP contribution >= 0.6 is 0 Å². The van der Waals surface area contributed by atoms with Crippen LogP contribution in [0.25, 0.3) is 54.5 Å². The first kappa shape index (κ1) is 18.4. The van der Waals surface area contributed by atoms with Gasteiger partial charge in [-0.3, -0.25) is 0 Å². The van der Waals surface area contributed by atoms with Crippen LogP contribution in [-0.4, -0.2) is 4.57 Å². The number of aryl methyl sites for hydroxylation is 2. The number of aromatic nitrogens is 1. The molecule has 0 saturated carbocycles. The van der Waals surface area contributed by atoms with Crippen LogP contribution in [0.5, 0.6) is 0 Å². The van der Waals surface area contributed by atoms with Crippen molar-refractivity contribution < 1.29 is 0 Å². The van der Waals surface area contributed by atoms with Crippen molar-refractivity contribution in [2.45, 2.75) is 14.4 Å². The van der Waals surface area contributed by atoms with E-state index in [2.05, 4.69) is 110 Å². The molecule has 0 aliphatic carbocycles. The van der Waals surface area contributed by atoms with Crippen molar-refractivity contribution in [3.63, 3.8) is 0 Å². The lowest BCUT2D eigenvalue weighted by Gasteiger charge is -2.15. The second kappa shape index (κ2) is 6.74. The molecule has 0 atom stereocenters. The van der Waals surface area contributed by atoms with Gasteiger partial charge in [-0.25, -0.2) is 0 Å². The van der Waals surface area contributed by atoms with Crippen molar-refractivity contribution in [2.75, 3.05) is 0 Å². The van der Waals surface area contributed by atoms with Crippen molar-refractivity contribution >= 4 is 43.4 Å². The van der Waals surface area contributed by atoms with Gasteiger partial charge in [0.15, 0.2) is 0 Å². The predicted molar refractivity (Wildman–Crippen MR) is 132 cm³/mol. The second-order valence-electron chi connectivity index (χ2n) is 7.90. The lowest BCUT2D eigenvalue weighted by molar-refractivity contribution is 1.01. The van der Waals surface area contributed by atoms with E-state index in [0.717, 1.165) is 0 Å². The standard InChI is InChI=1S/C28H21N.CH4/c1-18-20-9-3-5-12-23(20)28(24-13-6-4-10-21(18)24)19-15-16-27-25(17-19)22-11-7-8-14-26(22)29(27)2;/h3-17H,1-2H3;1H4. The lowest BCUT2D eigenvalue weighted by atomic mass is 9.88. The molecule has 6 rings (SSSR count). The molecule has 0 spiro atoms. The highest BCUT2D eigenvalue weighted by atomic mass is 14.9. The predicted octanol–water partition coefficient (Wildman–Crippen LogP) is 8.25. The molecule has 0 amide bonds. The van der Waals surface area contributed by atoms with E-state index in [-0.39, 0.29) is 7.43 Å². The Hall–Kier alpha value is -3.58. The largest absolute Gasteiger partial charge is 0.344 e. The molecule has 1 heteroatoms. The summed E-state index contributed by atoms with van der Waals surface area (Å²) in [5.41, 5.74) is 6.51. The Morgan fingerprint density at radius 1 is 0.533 bits per heavy atom. The number of nitrogens with zero attached hydrogens (tertiary/aromatic N) is 1. The van der Waals surface area contributed by atoms with E-state index in [1.54, 1.807) is 0 Å². The molecule has 6 aromatic rings. The van der Waals surface area contributed by atoms with E-state index in [0.29, 0.717) is 0 Å². The summed E-state index contributed by atoms with van der Waals surface area (Å²) >= 11 is 0. The maximum Gasteiger partial charge on any atom is 0.0489 e. The van der Waals surface area contributed by atoms with E-state index >= 15 is 0 Å². The Morgan fingerprint density at radius 3 is 1.67 bits per heavy atom. The van der Waals surface area contributed by atoms with Crippen LogP contribution in [0, 0.1) is 6.92 Å². The molecule has 0 aliphatic rings. The van der Waals surface area contributed by atoms with Crippen LogP contribution in [-0.2, 0) is 7.05 Å². The molecule has 5 aromatic carbocycles. The summed E-state index contributed by atoms with van der Waals surface area (Å²) in [6, 6.07) is 33.2. The molecule has 1 aromatic heterocycles. The minimum absolute atomic E-state index is 0. The molecule has 0 aliphatic heterocycles. The molecule has 0 saturated heterocycles. The maximum atomic E-state index is 2.38. The highest BCUT2D eigenvalue weighted by Gasteiger charge is 2.15. The highest BCUT2D eigenvalue weighted by molar-refractivity contribution is 6.17. The topological polar surface area (TPSA) is 4.93 Å². The third-order valence-electron chi connectivity index (χ3n) is 6.40. The summed E-state index contributed by atoms with van der Waals surface area (Å²) < 4.78 is 2.29. The molecule has 0 N–H and O–H groups in total. The molecule has 0 fully saturated rings. The van der Waals surface area contributed by atoms with Gasteiger partial charge in [-0.05, 0) is 63.4 Å². The Labute approximate surface area is 177 Å². The Morgan fingerprint density at radius 2 is 1.03 bits per heavy atom. The van der Waals surface area contributed by atoms with Gasteiger partial charge in [-0.1, -0.05) is 80.2 Å². The molecule has 0 radical (unpaired) electrons. The average molecular weight is 388 g/mol. The Balaban J connectivity index is 0.00000193. The third kappa shape index (κ3) is 2.42. The molecule has 0 bridgehead atoms. The van der Waals surface area contributed by atoms with Gasteiger partial charge in [0, 0.05) is 28.9 Å². The van der Waals surface area contributed by atoms with Gasteiger partial charge in [0.05, 0.1) is 0 Å². The lowest BCUT2D eigenvalue weighted by Crippen LogP contribution is -1.90. The third-order valence-corrected chi connectivity index (χ3v) is 6.40. The van der Waals surface area contributed by atoms with Gasteiger partial charge < -0.3 is 4.57 Å². The number of rotatable bonds is 1. The average Bonchev–Trinajstić information content (AvgIpc) is 3.06. The Kier molecular flexibility index (Phi) is 4.15. The monoisotopic (exact) mass is 387 g/mol. The van der Waals surface area contributed by atoms with Gasteiger partial charge in [0.2, 0.25) is 0 Å². The van der Waals surface area contributed by atoms with Crippen molar-refractivity contribution in [1.82, 2.24) is 4.57 Å². The zero-order chi connectivity index (χ0) is 19.5. The van der Waals surface area contributed by atoms with Crippen molar-refractivity contribution in [3.8, 4) is 11.1 Å². The second-order valence-corrected chi connectivity index (χ2v) is 7.90. The van der Waals surface area contributed by atoms with Crippen LogP contribution < -0.4 is 0 Å². The number of benzene rings is 5. The summed E-state index contributed by atoms with van der Waals surface area (Å²) in [6.07, 6.45) is 0. The fourth-order valence-electron chi connectivity index (χ4n) is 4.98. The van der Waals surface area contributed by atoms with Gasteiger partial charge in [0.1, 0.15) is 0 Å². The number of fused-ring (bicyclic) bond motifs is 5. The van der Waals surface area contributed by atoms with E-state index in [1.165, 1.54) is 60.0 Å². The van der Waals surface area contributed by atoms with E-state index in [4.69, 9.17) is 0 Å². The fourth-order valence-corrected chi connectivity index (χ4v) is 4.98. The quantitative estimate of drug-likeness (QED) is 0.250. The van der Waals surface area contributed by atoms with Gasteiger partial charge in [-0.2, -0.15) is 0 Å². The summed E-state index contributed by atoms with van der Waals surface area (Å²) in [7, 11) is 2.15. The maximum absolute atomic E-state index is 2.38. The van der Waals surface area contributed by atoms with E-state index < -0.39 is 0 Å². The first-order valence-electron chi connectivity index (χ1n) is 10.1. The highest BCUT2D eigenvalue weighted by Crippen LogP contribution is 2.40. The first-order chi connectivity index (χ1) is 14.2. The van der Waals surface area contributed by atoms with Gasteiger partial charge in [0.25, 0.3) is 0 Å². The summed E-state index contributed by atoms with van der Waals surface area (Å²) in [4.78, 5) is 0. The minimum Gasteiger partial charge on any atom is -0.344 e. The van der Waals surface area contributed by atoms with Crippen LogP contribution in [0.2, 0.25) is 0 Å². The normalized spacial score (nSPS) is 11.4. The molecule has 1 heterocycles. The van der Waals surface area contributed by atoms with Crippen LogP contribution in [0.1, 0.15) is 13.0 Å². The minimum atomic E-state index is 0. The molecular formula is C29H25N. The van der Waals surface area contributed by atoms with Crippen molar-refractivity contribution in [2.24, 2.45) is 7.05 Å². The summed E-state index contributed by atoms with van der Waals surface area (Å²) in [5, 5.41) is 7.94. The SMILES string of the molecule is C.Cc1c2ccccc2c(-c2ccc3c(c2)c2ccccc2n3C)c2ccccc12. The van der Waals surface area contributed by atoms with Crippen LogP contribution in [0.3, 0.4) is 0 Å². The smallest absolute Gasteiger partial charge is 0.0489 e. The van der Waals surface area contributed by atoms with Crippen molar-refractivity contribution in [1.29, 1.82) is 0 Å². The number of para-hydroxylation sites is 1. The first-order valence-corrected chi connectivity index (χ1v) is 10.1. The molecular weight excluding hydrogens is 362 g/mol. The van der Waals surface area contributed by atoms with Crippen LogP contribution in [0.15, 0.2) is 91.0 Å². The summed E-state index contributed by atoms with van der Waals surface area (Å²) in [5.74, 6) is 0. The van der Waals surface area contributed by atoms with E-state index in [1.807, 2.05) is 0 Å². The van der Waals surface area contributed by atoms with Crippen molar-refractivity contribution in [3.05, 3.63) is 96.6 Å². The molecule has 1 nitrogen and oxygen atoms in total. The molecule has 0 unspecified atom stereocenters. The molecule has 146 valence electrons. The zero-order valence-electron chi connectivity index (χ0n) is 16.6. The molecule has 30 heavy (non-hydrogen) atoms. The van der Waals surface area contributed by atoms with Crippen LogP contribution in [0.4, 0.5) is 0 Å². The van der Waals surface area contributed by atoms with E-state index in [9.17, 15) is 0 Å². The van der Waals surface area contributed by atoms with Gasteiger partial charge >= 0.3 is 0 Å². The number of hydrogen-bond acceptors (Lipinski definition) is 0. The Bertz CT molecular complexity index is 1510. The fraction of sp³-hybridized carbons (Fsp3) is 0.103. The summed E-state index contributed by atoms with van der Waals surface area (Å²) in [6.45, 7) is 2.24. The zero-order valence-corrected chi connectivity index (χ0v) is 16.6.